The lowest BCUT2D eigenvalue weighted by Gasteiger charge is -2.21. The highest BCUT2D eigenvalue weighted by Gasteiger charge is 2.38. The second-order valence-corrected chi connectivity index (χ2v) is 4.59. The number of nitriles is 1. The second-order valence-electron chi connectivity index (χ2n) is 4.59. The molecule has 1 aliphatic rings. The van der Waals surface area contributed by atoms with Crippen molar-refractivity contribution in [3.63, 3.8) is 0 Å². The molecule has 1 amide bonds. The largest absolute Gasteiger partial charge is 0.318 e. The van der Waals surface area contributed by atoms with Crippen LogP contribution in [0.2, 0.25) is 0 Å². The molecule has 2 rings (SSSR count). The summed E-state index contributed by atoms with van der Waals surface area (Å²) >= 11 is 0. The summed E-state index contributed by atoms with van der Waals surface area (Å²) in [6, 6.07) is 5.84. The highest BCUT2D eigenvalue weighted by atomic mass is 19.1. The van der Waals surface area contributed by atoms with Crippen molar-refractivity contribution in [3.8, 4) is 6.07 Å². The lowest BCUT2D eigenvalue weighted by atomic mass is 10.1. The maximum absolute atomic E-state index is 13.6. The molecule has 0 saturated carbocycles. The molecule has 88 valence electrons. The van der Waals surface area contributed by atoms with Gasteiger partial charge in [0.15, 0.2) is 0 Å². The average molecular weight is 232 g/mol. The van der Waals surface area contributed by atoms with Gasteiger partial charge in [0.25, 0.3) is 5.91 Å². The third-order valence-electron chi connectivity index (χ3n) is 2.81. The molecule has 0 radical (unpaired) electrons. The molecule has 1 atom stereocenters. The van der Waals surface area contributed by atoms with E-state index in [-0.39, 0.29) is 17.4 Å². The first-order chi connectivity index (χ1) is 8.06. The van der Waals surface area contributed by atoms with Gasteiger partial charge in [-0.25, -0.2) is 4.39 Å². The van der Waals surface area contributed by atoms with Gasteiger partial charge in [-0.2, -0.15) is 5.26 Å². The molecule has 0 saturated heterocycles. The number of rotatable bonds is 2. The van der Waals surface area contributed by atoms with Crippen LogP contribution in [0.15, 0.2) is 18.2 Å². The van der Waals surface area contributed by atoms with Crippen LogP contribution < -0.4 is 0 Å². The Morgan fingerprint density at radius 1 is 1.53 bits per heavy atom. The molecule has 1 unspecified atom stereocenters. The molecular formula is C13H13FN2O. The van der Waals surface area contributed by atoms with E-state index in [4.69, 9.17) is 5.26 Å². The number of carbonyl (C=O) groups is 1. The molecule has 1 aromatic rings. The van der Waals surface area contributed by atoms with Crippen LogP contribution in [0.3, 0.4) is 0 Å². The maximum atomic E-state index is 13.6. The number of carbonyl (C=O) groups excluding carboxylic acids is 1. The van der Waals surface area contributed by atoms with Crippen LogP contribution >= 0.6 is 0 Å². The van der Waals surface area contributed by atoms with Crippen LogP contribution in [0.1, 0.15) is 35.8 Å². The molecule has 0 fully saturated rings. The van der Waals surface area contributed by atoms with E-state index >= 15 is 0 Å². The van der Waals surface area contributed by atoms with Gasteiger partial charge >= 0.3 is 0 Å². The molecule has 17 heavy (non-hydrogen) atoms. The Morgan fingerprint density at radius 3 is 2.82 bits per heavy atom. The fourth-order valence-corrected chi connectivity index (χ4v) is 2.14. The predicted octanol–water partition coefficient (Wildman–Crippen LogP) is 2.50. The molecule has 0 bridgehead atoms. The third-order valence-corrected chi connectivity index (χ3v) is 2.81. The summed E-state index contributed by atoms with van der Waals surface area (Å²) in [5.74, 6) is -0.676. The molecule has 0 aromatic heterocycles. The molecule has 4 heteroatoms. The van der Waals surface area contributed by atoms with Crippen LogP contribution in [-0.4, -0.2) is 17.4 Å². The summed E-state index contributed by atoms with van der Waals surface area (Å²) in [4.78, 5) is 13.5. The molecule has 1 aromatic carbocycles. The average Bonchev–Trinajstić information content (AvgIpc) is 2.53. The number of hydrogen-bond donors (Lipinski definition) is 0. The van der Waals surface area contributed by atoms with Crippen molar-refractivity contribution in [2.24, 2.45) is 5.92 Å². The Hall–Kier alpha value is -1.89. The number of fused-ring (bicyclic) bond motifs is 1. The third kappa shape index (κ3) is 1.78. The van der Waals surface area contributed by atoms with Gasteiger partial charge in [0.1, 0.15) is 11.9 Å². The van der Waals surface area contributed by atoms with E-state index in [9.17, 15) is 9.18 Å². The van der Waals surface area contributed by atoms with Crippen molar-refractivity contribution >= 4 is 5.91 Å². The van der Waals surface area contributed by atoms with Gasteiger partial charge in [0.05, 0.1) is 11.6 Å². The van der Waals surface area contributed by atoms with Gasteiger partial charge in [0, 0.05) is 12.1 Å². The Morgan fingerprint density at radius 2 is 2.24 bits per heavy atom. The smallest absolute Gasteiger partial charge is 0.258 e. The summed E-state index contributed by atoms with van der Waals surface area (Å²) < 4.78 is 13.6. The second kappa shape index (κ2) is 4.17. The predicted molar refractivity (Wildman–Crippen MR) is 60.6 cm³/mol. The molecule has 0 spiro atoms. The summed E-state index contributed by atoms with van der Waals surface area (Å²) in [6.07, 6.45) is 0. The Labute approximate surface area is 99.5 Å². The number of nitrogens with zero attached hydrogens (tertiary/aromatic N) is 2. The maximum Gasteiger partial charge on any atom is 0.258 e. The standard InChI is InChI=1S/C13H13FN2O/c1-8(2)7-16-11(6-15)9-4-3-5-10(14)12(9)13(16)17/h3-5,8,11H,7H2,1-2H3. The molecule has 1 heterocycles. The monoisotopic (exact) mass is 232 g/mol. The summed E-state index contributed by atoms with van der Waals surface area (Å²) in [5, 5.41) is 9.14. The number of amides is 1. The van der Waals surface area contributed by atoms with Crippen LogP contribution in [0, 0.1) is 23.1 Å². The molecule has 1 aliphatic heterocycles. The van der Waals surface area contributed by atoms with Gasteiger partial charge in [0.2, 0.25) is 0 Å². The van der Waals surface area contributed by atoms with Gasteiger partial charge in [-0.05, 0) is 12.0 Å². The van der Waals surface area contributed by atoms with Crippen molar-refractivity contribution < 1.29 is 9.18 Å². The van der Waals surface area contributed by atoms with E-state index in [1.807, 2.05) is 13.8 Å². The zero-order valence-corrected chi connectivity index (χ0v) is 9.77. The van der Waals surface area contributed by atoms with Crippen LogP contribution in [-0.2, 0) is 0 Å². The minimum absolute atomic E-state index is 0.0553. The quantitative estimate of drug-likeness (QED) is 0.786. The van der Waals surface area contributed by atoms with Crippen molar-refractivity contribution in [3.05, 3.63) is 35.1 Å². The van der Waals surface area contributed by atoms with E-state index in [1.165, 1.54) is 17.0 Å². The first kappa shape index (κ1) is 11.6. The van der Waals surface area contributed by atoms with E-state index in [1.54, 1.807) is 6.07 Å². The lowest BCUT2D eigenvalue weighted by molar-refractivity contribution is 0.0733. The highest BCUT2D eigenvalue weighted by Crippen LogP contribution is 2.34. The summed E-state index contributed by atoms with van der Waals surface area (Å²) in [6.45, 7) is 4.38. The van der Waals surface area contributed by atoms with Gasteiger partial charge in [-0.1, -0.05) is 26.0 Å². The van der Waals surface area contributed by atoms with Crippen LogP contribution in [0.5, 0.6) is 0 Å². The van der Waals surface area contributed by atoms with E-state index in [0.29, 0.717) is 12.1 Å². The topological polar surface area (TPSA) is 44.1 Å². The van der Waals surface area contributed by atoms with Crippen LogP contribution in [0.4, 0.5) is 4.39 Å². The number of halogens is 1. The van der Waals surface area contributed by atoms with E-state index in [2.05, 4.69) is 6.07 Å². The fraction of sp³-hybridized carbons (Fsp3) is 0.385. The zero-order chi connectivity index (χ0) is 12.6. The fourth-order valence-electron chi connectivity index (χ4n) is 2.14. The lowest BCUT2D eigenvalue weighted by Crippen LogP contribution is -2.31. The molecule has 0 aliphatic carbocycles. The van der Waals surface area contributed by atoms with Crippen molar-refractivity contribution in [2.45, 2.75) is 19.9 Å². The molecule has 3 nitrogen and oxygen atoms in total. The highest BCUT2D eigenvalue weighted by molar-refractivity contribution is 5.99. The first-order valence-corrected chi connectivity index (χ1v) is 5.55. The van der Waals surface area contributed by atoms with E-state index < -0.39 is 11.9 Å². The van der Waals surface area contributed by atoms with Gasteiger partial charge in [-0.3, -0.25) is 4.79 Å². The molecular weight excluding hydrogens is 219 g/mol. The number of benzene rings is 1. The molecule has 0 N–H and O–H groups in total. The Kier molecular flexibility index (Phi) is 2.84. The summed E-state index contributed by atoms with van der Waals surface area (Å²) in [5.41, 5.74) is 0.540. The Balaban J connectivity index is 2.48. The van der Waals surface area contributed by atoms with Gasteiger partial charge in [-0.15, -0.1) is 0 Å². The Bertz CT molecular complexity index is 505. The minimum Gasteiger partial charge on any atom is -0.318 e. The summed E-state index contributed by atoms with van der Waals surface area (Å²) in [7, 11) is 0. The van der Waals surface area contributed by atoms with Crippen molar-refractivity contribution in [1.82, 2.24) is 4.90 Å². The SMILES string of the molecule is CC(C)CN1C(=O)c2c(F)cccc2C1C#N. The first-order valence-electron chi connectivity index (χ1n) is 5.55. The minimum atomic E-state index is -0.657. The van der Waals surface area contributed by atoms with E-state index in [0.717, 1.165) is 0 Å². The van der Waals surface area contributed by atoms with Crippen molar-refractivity contribution in [1.29, 1.82) is 5.26 Å². The normalized spacial score (nSPS) is 18.4. The van der Waals surface area contributed by atoms with Crippen LogP contribution in [0.25, 0.3) is 0 Å². The van der Waals surface area contributed by atoms with Gasteiger partial charge < -0.3 is 4.90 Å². The zero-order valence-electron chi connectivity index (χ0n) is 9.77. The number of hydrogen-bond acceptors (Lipinski definition) is 2. The van der Waals surface area contributed by atoms with Crippen molar-refractivity contribution in [2.75, 3.05) is 6.54 Å².